The quantitative estimate of drug-likeness (QED) is 0.787. The van der Waals surface area contributed by atoms with Gasteiger partial charge in [-0.2, -0.15) is 0 Å². The lowest BCUT2D eigenvalue weighted by Crippen LogP contribution is -2.24. The monoisotopic (exact) mass is 237 g/mol. The highest BCUT2D eigenvalue weighted by Gasteiger charge is 2.41. The number of methoxy groups -OCH3 is 1. The van der Waals surface area contributed by atoms with E-state index in [0.717, 1.165) is 31.7 Å². The summed E-state index contributed by atoms with van der Waals surface area (Å²) < 4.78 is 17.8. The van der Waals surface area contributed by atoms with Gasteiger partial charge in [-0.15, -0.1) is 0 Å². The van der Waals surface area contributed by atoms with E-state index in [2.05, 4.69) is 5.32 Å². The molecule has 0 saturated heterocycles. The second kappa shape index (κ2) is 5.61. The van der Waals surface area contributed by atoms with Gasteiger partial charge in [0.1, 0.15) is 5.82 Å². The number of benzene rings is 1. The van der Waals surface area contributed by atoms with Gasteiger partial charge in [-0.05, 0) is 42.4 Å². The smallest absolute Gasteiger partial charge is 0.123 e. The Morgan fingerprint density at radius 3 is 2.59 bits per heavy atom. The zero-order valence-electron chi connectivity index (χ0n) is 10.3. The van der Waals surface area contributed by atoms with Crippen molar-refractivity contribution in [3.05, 3.63) is 35.6 Å². The summed E-state index contributed by atoms with van der Waals surface area (Å²) in [5.41, 5.74) is 1.60. The van der Waals surface area contributed by atoms with Crippen molar-refractivity contribution in [2.24, 2.45) is 5.41 Å². The first-order valence-corrected chi connectivity index (χ1v) is 6.18. The van der Waals surface area contributed by atoms with E-state index < -0.39 is 0 Å². The molecule has 1 aromatic carbocycles. The minimum Gasteiger partial charge on any atom is -0.385 e. The maximum atomic E-state index is 12.7. The molecule has 0 atom stereocenters. The standard InChI is InChI=1S/C14H20FNO/c1-17-9-8-14(6-7-14)11-16-10-12-2-4-13(15)5-3-12/h2-5,16H,6-11H2,1H3. The molecule has 1 aliphatic carbocycles. The van der Waals surface area contributed by atoms with Crippen LogP contribution in [0.25, 0.3) is 0 Å². The Balaban J connectivity index is 1.71. The average Bonchev–Trinajstić information content (AvgIpc) is 3.10. The number of ether oxygens (including phenoxy) is 1. The first-order chi connectivity index (χ1) is 8.24. The summed E-state index contributed by atoms with van der Waals surface area (Å²) >= 11 is 0. The van der Waals surface area contributed by atoms with Crippen molar-refractivity contribution in [1.29, 1.82) is 0 Å². The molecule has 3 heteroatoms. The fourth-order valence-electron chi connectivity index (χ4n) is 2.08. The molecule has 0 spiro atoms. The second-order valence-corrected chi connectivity index (χ2v) is 4.97. The Morgan fingerprint density at radius 1 is 1.29 bits per heavy atom. The van der Waals surface area contributed by atoms with Crippen molar-refractivity contribution in [3.8, 4) is 0 Å². The van der Waals surface area contributed by atoms with Crippen molar-refractivity contribution in [2.45, 2.75) is 25.8 Å². The molecule has 1 aliphatic rings. The van der Waals surface area contributed by atoms with Gasteiger partial charge in [-0.1, -0.05) is 12.1 Å². The topological polar surface area (TPSA) is 21.3 Å². The largest absolute Gasteiger partial charge is 0.385 e. The van der Waals surface area contributed by atoms with E-state index in [9.17, 15) is 4.39 Å². The maximum Gasteiger partial charge on any atom is 0.123 e. The summed E-state index contributed by atoms with van der Waals surface area (Å²) in [7, 11) is 1.75. The van der Waals surface area contributed by atoms with Crippen molar-refractivity contribution >= 4 is 0 Å². The molecule has 1 N–H and O–H groups in total. The van der Waals surface area contributed by atoms with Crippen molar-refractivity contribution < 1.29 is 9.13 Å². The van der Waals surface area contributed by atoms with E-state index in [-0.39, 0.29) is 5.82 Å². The van der Waals surface area contributed by atoms with Gasteiger partial charge in [0.15, 0.2) is 0 Å². The Labute approximate surface area is 102 Å². The van der Waals surface area contributed by atoms with Crippen LogP contribution in [-0.4, -0.2) is 20.3 Å². The van der Waals surface area contributed by atoms with Crippen LogP contribution in [0.2, 0.25) is 0 Å². The molecule has 94 valence electrons. The number of nitrogens with one attached hydrogen (secondary N) is 1. The predicted octanol–water partition coefficient (Wildman–Crippen LogP) is 2.73. The third kappa shape index (κ3) is 3.79. The van der Waals surface area contributed by atoms with Crippen LogP contribution in [-0.2, 0) is 11.3 Å². The van der Waals surface area contributed by atoms with Crippen LogP contribution in [0.3, 0.4) is 0 Å². The summed E-state index contributed by atoms with van der Waals surface area (Å²) in [5.74, 6) is -0.174. The Morgan fingerprint density at radius 2 is 2.00 bits per heavy atom. The van der Waals surface area contributed by atoms with Crippen LogP contribution >= 0.6 is 0 Å². The molecule has 0 amide bonds. The van der Waals surface area contributed by atoms with Crippen LogP contribution in [0, 0.1) is 11.2 Å². The molecule has 1 aromatic rings. The summed E-state index contributed by atoms with van der Waals surface area (Å²) in [6.45, 7) is 2.70. The van der Waals surface area contributed by atoms with Gasteiger partial charge in [0, 0.05) is 26.8 Å². The van der Waals surface area contributed by atoms with Crippen molar-refractivity contribution in [3.63, 3.8) is 0 Å². The fourth-order valence-corrected chi connectivity index (χ4v) is 2.08. The zero-order chi connectivity index (χ0) is 12.1. The molecule has 17 heavy (non-hydrogen) atoms. The molecule has 0 unspecified atom stereocenters. The maximum absolute atomic E-state index is 12.7. The summed E-state index contributed by atoms with van der Waals surface area (Å²) in [5, 5.41) is 3.45. The van der Waals surface area contributed by atoms with Gasteiger partial charge >= 0.3 is 0 Å². The van der Waals surface area contributed by atoms with Gasteiger partial charge in [-0.3, -0.25) is 0 Å². The first-order valence-electron chi connectivity index (χ1n) is 6.18. The number of hydrogen-bond donors (Lipinski definition) is 1. The molecular weight excluding hydrogens is 217 g/mol. The molecule has 1 saturated carbocycles. The molecule has 0 aromatic heterocycles. The predicted molar refractivity (Wildman–Crippen MR) is 66.3 cm³/mol. The second-order valence-electron chi connectivity index (χ2n) is 4.97. The average molecular weight is 237 g/mol. The van der Waals surface area contributed by atoms with Crippen LogP contribution in [0.15, 0.2) is 24.3 Å². The lowest BCUT2D eigenvalue weighted by atomic mass is 10.0. The molecule has 2 nitrogen and oxygen atoms in total. The zero-order valence-corrected chi connectivity index (χ0v) is 10.3. The molecule has 1 fully saturated rings. The highest BCUT2D eigenvalue weighted by Crippen LogP contribution is 2.48. The number of halogens is 1. The van der Waals surface area contributed by atoms with E-state index in [1.807, 2.05) is 12.1 Å². The van der Waals surface area contributed by atoms with Crippen LogP contribution in [0.4, 0.5) is 4.39 Å². The van der Waals surface area contributed by atoms with Crippen molar-refractivity contribution in [2.75, 3.05) is 20.3 Å². The Bertz CT molecular complexity index is 346. The minimum absolute atomic E-state index is 0.174. The normalized spacial score (nSPS) is 17.1. The Hall–Kier alpha value is -0.930. The molecule has 0 aliphatic heterocycles. The van der Waals surface area contributed by atoms with E-state index in [1.54, 1.807) is 7.11 Å². The van der Waals surface area contributed by atoms with E-state index in [1.165, 1.54) is 25.0 Å². The molecule has 2 rings (SSSR count). The SMILES string of the molecule is COCCC1(CNCc2ccc(F)cc2)CC1. The number of rotatable bonds is 7. The van der Waals surface area contributed by atoms with Crippen molar-refractivity contribution in [1.82, 2.24) is 5.32 Å². The molecule has 0 radical (unpaired) electrons. The van der Waals surface area contributed by atoms with E-state index in [0.29, 0.717) is 5.41 Å². The van der Waals surface area contributed by atoms with Crippen LogP contribution in [0.5, 0.6) is 0 Å². The minimum atomic E-state index is -0.174. The summed E-state index contributed by atoms with van der Waals surface area (Å²) in [6, 6.07) is 6.68. The molecule has 0 heterocycles. The Kier molecular flexibility index (Phi) is 4.13. The summed E-state index contributed by atoms with van der Waals surface area (Å²) in [6.07, 6.45) is 3.74. The highest BCUT2D eigenvalue weighted by molar-refractivity contribution is 5.15. The van der Waals surface area contributed by atoms with Gasteiger partial charge in [0.05, 0.1) is 0 Å². The van der Waals surface area contributed by atoms with Gasteiger partial charge < -0.3 is 10.1 Å². The van der Waals surface area contributed by atoms with Crippen LogP contribution < -0.4 is 5.32 Å². The van der Waals surface area contributed by atoms with E-state index in [4.69, 9.17) is 4.74 Å². The van der Waals surface area contributed by atoms with Crippen LogP contribution in [0.1, 0.15) is 24.8 Å². The summed E-state index contributed by atoms with van der Waals surface area (Å²) in [4.78, 5) is 0. The lowest BCUT2D eigenvalue weighted by molar-refractivity contribution is 0.171. The highest BCUT2D eigenvalue weighted by atomic mass is 19.1. The van der Waals surface area contributed by atoms with Gasteiger partial charge in [0.2, 0.25) is 0 Å². The third-order valence-electron chi connectivity index (χ3n) is 3.54. The van der Waals surface area contributed by atoms with Gasteiger partial charge in [0.25, 0.3) is 0 Å². The lowest BCUT2D eigenvalue weighted by Gasteiger charge is -2.15. The molecular formula is C14H20FNO. The third-order valence-corrected chi connectivity index (χ3v) is 3.54. The van der Waals surface area contributed by atoms with E-state index >= 15 is 0 Å². The molecule has 0 bridgehead atoms. The fraction of sp³-hybridized carbons (Fsp3) is 0.571. The number of hydrogen-bond acceptors (Lipinski definition) is 2. The van der Waals surface area contributed by atoms with Gasteiger partial charge in [-0.25, -0.2) is 4.39 Å². The first kappa shape index (κ1) is 12.5.